The summed E-state index contributed by atoms with van der Waals surface area (Å²) in [4.78, 5) is 0. The van der Waals surface area contributed by atoms with Crippen molar-refractivity contribution in [3.8, 4) is 0 Å². The van der Waals surface area contributed by atoms with Crippen LogP contribution in [0.5, 0.6) is 0 Å². The molecule has 1 unspecified atom stereocenters. The SMILES string of the molecule is S=C1NCC(c2ccccc2)c2cc(Cl)ccc2N1. The number of anilines is 1. The average molecular weight is 289 g/mol. The van der Waals surface area contributed by atoms with Crippen molar-refractivity contribution in [2.24, 2.45) is 0 Å². The Balaban J connectivity index is 2.11. The van der Waals surface area contributed by atoms with Crippen molar-refractivity contribution in [1.82, 2.24) is 5.32 Å². The van der Waals surface area contributed by atoms with E-state index in [1.54, 1.807) is 0 Å². The van der Waals surface area contributed by atoms with E-state index in [2.05, 4.69) is 34.9 Å². The summed E-state index contributed by atoms with van der Waals surface area (Å²) < 4.78 is 0. The van der Waals surface area contributed by atoms with Crippen LogP contribution in [0, 0.1) is 0 Å². The van der Waals surface area contributed by atoms with E-state index in [0.717, 1.165) is 17.3 Å². The van der Waals surface area contributed by atoms with Crippen molar-refractivity contribution < 1.29 is 0 Å². The molecule has 1 atom stereocenters. The van der Waals surface area contributed by atoms with Crippen LogP contribution in [0.1, 0.15) is 17.0 Å². The number of rotatable bonds is 1. The molecule has 0 saturated heterocycles. The first kappa shape index (κ1) is 12.5. The summed E-state index contributed by atoms with van der Waals surface area (Å²) in [6.45, 7) is 0.767. The fraction of sp³-hybridized carbons (Fsp3) is 0.133. The third-order valence-corrected chi connectivity index (χ3v) is 3.79. The molecule has 2 aromatic carbocycles. The van der Waals surface area contributed by atoms with Crippen LogP contribution in [-0.2, 0) is 0 Å². The third kappa shape index (κ3) is 2.57. The smallest absolute Gasteiger partial charge is 0.170 e. The number of halogens is 1. The van der Waals surface area contributed by atoms with E-state index in [-0.39, 0.29) is 5.92 Å². The van der Waals surface area contributed by atoms with Crippen LogP contribution in [0.3, 0.4) is 0 Å². The predicted octanol–water partition coefficient (Wildman–Crippen LogP) is 3.77. The number of fused-ring (bicyclic) bond motifs is 1. The van der Waals surface area contributed by atoms with Gasteiger partial charge >= 0.3 is 0 Å². The number of thiocarbonyl (C=S) groups is 1. The summed E-state index contributed by atoms with van der Waals surface area (Å²) in [5, 5.41) is 7.85. The molecule has 0 aliphatic carbocycles. The molecule has 0 saturated carbocycles. The van der Waals surface area contributed by atoms with E-state index in [4.69, 9.17) is 23.8 Å². The Hall–Kier alpha value is -1.58. The van der Waals surface area contributed by atoms with Crippen molar-refractivity contribution in [2.45, 2.75) is 5.92 Å². The van der Waals surface area contributed by atoms with E-state index < -0.39 is 0 Å². The number of nitrogens with one attached hydrogen (secondary N) is 2. The molecule has 4 heteroatoms. The van der Waals surface area contributed by atoms with Crippen LogP contribution >= 0.6 is 23.8 Å². The Bertz CT molecular complexity index is 613. The molecule has 2 N–H and O–H groups in total. The molecule has 0 spiro atoms. The lowest BCUT2D eigenvalue weighted by Crippen LogP contribution is -2.28. The summed E-state index contributed by atoms with van der Waals surface area (Å²) in [6.07, 6.45) is 0. The van der Waals surface area contributed by atoms with Gasteiger partial charge in [-0.05, 0) is 41.5 Å². The molecule has 19 heavy (non-hydrogen) atoms. The van der Waals surface area contributed by atoms with Crippen LogP contribution in [-0.4, -0.2) is 11.7 Å². The quantitative estimate of drug-likeness (QED) is 0.781. The second-order valence-electron chi connectivity index (χ2n) is 4.53. The Kier molecular flexibility index (Phi) is 3.40. The highest BCUT2D eigenvalue weighted by Gasteiger charge is 2.21. The Morgan fingerprint density at radius 1 is 1.11 bits per heavy atom. The monoisotopic (exact) mass is 288 g/mol. The Morgan fingerprint density at radius 2 is 1.89 bits per heavy atom. The van der Waals surface area contributed by atoms with Crippen molar-refractivity contribution in [3.05, 3.63) is 64.7 Å². The molecular formula is C15H13ClN2S. The molecule has 0 radical (unpaired) electrons. The number of hydrogen-bond acceptors (Lipinski definition) is 1. The largest absolute Gasteiger partial charge is 0.361 e. The van der Waals surface area contributed by atoms with Gasteiger partial charge in [0.05, 0.1) is 0 Å². The first-order valence-electron chi connectivity index (χ1n) is 6.13. The minimum Gasteiger partial charge on any atom is -0.361 e. The molecule has 96 valence electrons. The van der Waals surface area contributed by atoms with Gasteiger partial charge in [-0.1, -0.05) is 41.9 Å². The topological polar surface area (TPSA) is 24.1 Å². The van der Waals surface area contributed by atoms with Gasteiger partial charge in [-0.15, -0.1) is 0 Å². The van der Waals surface area contributed by atoms with E-state index in [1.807, 2.05) is 24.3 Å². The van der Waals surface area contributed by atoms with E-state index in [1.165, 1.54) is 11.1 Å². The number of hydrogen-bond donors (Lipinski definition) is 2. The van der Waals surface area contributed by atoms with Gasteiger partial charge in [0.15, 0.2) is 5.11 Å². The highest BCUT2D eigenvalue weighted by atomic mass is 35.5. The van der Waals surface area contributed by atoms with Gasteiger partial charge in [0.1, 0.15) is 0 Å². The molecule has 0 bridgehead atoms. The predicted molar refractivity (Wildman–Crippen MR) is 84.0 cm³/mol. The van der Waals surface area contributed by atoms with E-state index >= 15 is 0 Å². The van der Waals surface area contributed by atoms with Crippen molar-refractivity contribution in [1.29, 1.82) is 0 Å². The fourth-order valence-electron chi connectivity index (χ4n) is 2.39. The Labute approximate surface area is 122 Å². The molecular weight excluding hydrogens is 276 g/mol. The molecule has 1 aliphatic heterocycles. The van der Waals surface area contributed by atoms with Gasteiger partial charge in [0.2, 0.25) is 0 Å². The first-order chi connectivity index (χ1) is 9.24. The van der Waals surface area contributed by atoms with Gasteiger partial charge < -0.3 is 10.6 Å². The summed E-state index contributed by atoms with van der Waals surface area (Å²) >= 11 is 11.4. The highest BCUT2D eigenvalue weighted by molar-refractivity contribution is 7.80. The standard InChI is InChI=1S/C15H13ClN2S/c16-11-6-7-14-12(8-11)13(9-17-15(19)18-14)10-4-2-1-3-5-10/h1-8,13H,9H2,(H2,17,18,19). The maximum atomic E-state index is 6.14. The molecule has 0 amide bonds. The lowest BCUT2D eigenvalue weighted by molar-refractivity contribution is 0.772. The molecule has 3 rings (SSSR count). The normalized spacial score (nSPS) is 17.9. The molecule has 2 aromatic rings. The zero-order valence-electron chi connectivity index (χ0n) is 10.2. The van der Waals surface area contributed by atoms with Gasteiger partial charge in [-0.3, -0.25) is 0 Å². The summed E-state index contributed by atoms with van der Waals surface area (Å²) in [7, 11) is 0. The average Bonchev–Trinajstić information content (AvgIpc) is 2.58. The molecule has 2 nitrogen and oxygen atoms in total. The van der Waals surface area contributed by atoms with Crippen molar-refractivity contribution in [2.75, 3.05) is 11.9 Å². The minimum absolute atomic E-state index is 0.239. The summed E-state index contributed by atoms with van der Waals surface area (Å²) in [5.41, 5.74) is 3.45. The van der Waals surface area contributed by atoms with Crippen molar-refractivity contribution in [3.63, 3.8) is 0 Å². The van der Waals surface area contributed by atoms with Crippen LogP contribution in [0.15, 0.2) is 48.5 Å². The van der Waals surface area contributed by atoms with E-state index in [0.29, 0.717) is 5.11 Å². The zero-order valence-corrected chi connectivity index (χ0v) is 11.8. The van der Waals surface area contributed by atoms with Gasteiger partial charge in [-0.25, -0.2) is 0 Å². The first-order valence-corrected chi connectivity index (χ1v) is 6.92. The second-order valence-corrected chi connectivity index (χ2v) is 5.37. The maximum absolute atomic E-state index is 6.14. The number of benzene rings is 2. The zero-order chi connectivity index (χ0) is 13.2. The third-order valence-electron chi connectivity index (χ3n) is 3.31. The lowest BCUT2D eigenvalue weighted by Gasteiger charge is -2.17. The Morgan fingerprint density at radius 3 is 2.68 bits per heavy atom. The van der Waals surface area contributed by atoms with Crippen LogP contribution in [0.4, 0.5) is 5.69 Å². The van der Waals surface area contributed by atoms with Crippen molar-refractivity contribution >= 4 is 34.6 Å². The molecule has 1 heterocycles. The van der Waals surface area contributed by atoms with Crippen LogP contribution in [0.25, 0.3) is 0 Å². The van der Waals surface area contributed by atoms with Gasteiger partial charge in [0.25, 0.3) is 0 Å². The van der Waals surface area contributed by atoms with Gasteiger partial charge in [0, 0.05) is 23.2 Å². The second kappa shape index (κ2) is 5.19. The highest BCUT2D eigenvalue weighted by Crippen LogP contribution is 2.33. The lowest BCUT2D eigenvalue weighted by atomic mass is 9.90. The molecule has 0 aromatic heterocycles. The molecule has 0 fully saturated rings. The molecule has 1 aliphatic rings. The van der Waals surface area contributed by atoms with Crippen LogP contribution in [0.2, 0.25) is 5.02 Å². The van der Waals surface area contributed by atoms with Crippen LogP contribution < -0.4 is 10.6 Å². The summed E-state index contributed by atoms with van der Waals surface area (Å²) in [5.74, 6) is 0.239. The van der Waals surface area contributed by atoms with E-state index in [9.17, 15) is 0 Å². The van der Waals surface area contributed by atoms with Gasteiger partial charge in [-0.2, -0.15) is 0 Å². The maximum Gasteiger partial charge on any atom is 0.170 e. The summed E-state index contributed by atoms with van der Waals surface area (Å²) in [6, 6.07) is 16.3. The fourth-order valence-corrected chi connectivity index (χ4v) is 2.76. The minimum atomic E-state index is 0.239.